The Morgan fingerprint density at radius 1 is 1.19 bits per heavy atom. The van der Waals surface area contributed by atoms with Gasteiger partial charge in [0.25, 0.3) is 0 Å². The van der Waals surface area contributed by atoms with Crippen LogP contribution in [0.4, 0.5) is 4.39 Å². The number of benzene rings is 2. The molecule has 2 aromatic rings. The standard InChI is InChI=1S/C15H12BFO4/c17-11-4-5-14-12(7-11)13(18)8-15(21-14)9-2-1-3-10(6-9)16(19)20/h1-7,15,19-20H,8H2. The van der Waals surface area contributed by atoms with Crippen molar-refractivity contribution in [3.05, 3.63) is 59.4 Å². The number of fused-ring (bicyclic) bond motifs is 1. The van der Waals surface area contributed by atoms with Crippen LogP contribution in [0.2, 0.25) is 0 Å². The Bertz CT molecular complexity index is 702. The maximum absolute atomic E-state index is 13.2. The van der Waals surface area contributed by atoms with E-state index in [0.29, 0.717) is 16.8 Å². The summed E-state index contributed by atoms with van der Waals surface area (Å²) in [4.78, 5) is 12.1. The lowest BCUT2D eigenvalue weighted by molar-refractivity contribution is 0.0849. The molecule has 1 aliphatic heterocycles. The first-order valence-corrected chi connectivity index (χ1v) is 6.50. The van der Waals surface area contributed by atoms with Gasteiger partial charge in [-0.15, -0.1) is 0 Å². The third-order valence-corrected chi connectivity index (χ3v) is 3.46. The van der Waals surface area contributed by atoms with Crippen LogP contribution in [0, 0.1) is 5.82 Å². The normalized spacial score (nSPS) is 17.1. The zero-order chi connectivity index (χ0) is 15.0. The van der Waals surface area contributed by atoms with E-state index in [0.717, 1.165) is 0 Å². The lowest BCUT2D eigenvalue weighted by Crippen LogP contribution is -2.31. The Labute approximate surface area is 120 Å². The number of halogens is 1. The van der Waals surface area contributed by atoms with Crippen molar-refractivity contribution in [3.8, 4) is 5.75 Å². The van der Waals surface area contributed by atoms with Crippen LogP contribution < -0.4 is 10.2 Å². The van der Waals surface area contributed by atoms with E-state index in [-0.39, 0.29) is 17.8 Å². The second-order valence-electron chi connectivity index (χ2n) is 4.92. The number of rotatable bonds is 2. The van der Waals surface area contributed by atoms with E-state index in [1.807, 2.05) is 0 Å². The number of ether oxygens (including phenoxy) is 1. The topological polar surface area (TPSA) is 66.8 Å². The average Bonchev–Trinajstić information content (AvgIpc) is 2.48. The number of hydrogen-bond donors (Lipinski definition) is 2. The highest BCUT2D eigenvalue weighted by atomic mass is 19.1. The summed E-state index contributed by atoms with van der Waals surface area (Å²) in [5.74, 6) is -0.335. The molecule has 106 valence electrons. The maximum atomic E-state index is 13.2. The zero-order valence-corrected chi connectivity index (χ0v) is 11.0. The molecule has 0 amide bonds. The lowest BCUT2D eigenvalue weighted by atomic mass is 9.79. The van der Waals surface area contributed by atoms with Crippen LogP contribution in [0.1, 0.15) is 28.4 Å². The van der Waals surface area contributed by atoms with Crippen LogP contribution in [-0.4, -0.2) is 22.9 Å². The summed E-state index contributed by atoms with van der Waals surface area (Å²) in [6, 6.07) is 10.4. The second kappa shape index (κ2) is 5.31. The zero-order valence-electron chi connectivity index (χ0n) is 11.0. The molecule has 3 rings (SSSR count). The number of Topliss-reactive ketones (excluding diaryl/α,β-unsaturated/α-hetero) is 1. The fourth-order valence-corrected chi connectivity index (χ4v) is 2.40. The Balaban J connectivity index is 1.94. The molecule has 0 fully saturated rings. The molecule has 0 aliphatic carbocycles. The molecule has 0 radical (unpaired) electrons. The molecule has 1 unspecified atom stereocenters. The van der Waals surface area contributed by atoms with Crippen molar-refractivity contribution in [2.24, 2.45) is 0 Å². The third kappa shape index (κ3) is 2.68. The van der Waals surface area contributed by atoms with Gasteiger partial charge in [0.1, 0.15) is 17.7 Å². The predicted molar refractivity (Wildman–Crippen MR) is 75.0 cm³/mol. The van der Waals surface area contributed by atoms with E-state index in [1.54, 1.807) is 24.3 Å². The van der Waals surface area contributed by atoms with Crippen LogP contribution in [0.25, 0.3) is 0 Å². The average molecular weight is 286 g/mol. The molecule has 1 aliphatic rings. The summed E-state index contributed by atoms with van der Waals surface area (Å²) in [6.07, 6.45) is -0.435. The summed E-state index contributed by atoms with van der Waals surface area (Å²) >= 11 is 0. The fourth-order valence-electron chi connectivity index (χ4n) is 2.40. The first-order chi connectivity index (χ1) is 10.0. The van der Waals surface area contributed by atoms with Gasteiger partial charge in [0.05, 0.1) is 12.0 Å². The minimum absolute atomic E-state index is 0.0848. The van der Waals surface area contributed by atoms with Crippen molar-refractivity contribution < 1.29 is 24.0 Å². The van der Waals surface area contributed by atoms with Gasteiger partial charge in [0, 0.05) is 0 Å². The van der Waals surface area contributed by atoms with Gasteiger partial charge in [-0.1, -0.05) is 24.3 Å². The molecular formula is C15H12BFO4. The smallest absolute Gasteiger partial charge is 0.484 e. The van der Waals surface area contributed by atoms with E-state index in [2.05, 4.69) is 0 Å². The van der Waals surface area contributed by atoms with Gasteiger partial charge in [-0.2, -0.15) is 0 Å². The van der Waals surface area contributed by atoms with Gasteiger partial charge in [0.2, 0.25) is 0 Å². The molecule has 2 N–H and O–H groups in total. The van der Waals surface area contributed by atoms with Crippen LogP contribution in [-0.2, 0) is 0 Å². The highest BCUT2D eigenvalue weighted by Gasteiger charge is 2.28. The minimum atomic E-state index is -1.58. The van der Waals surface area contributed by atoms with E-state index in [9.17, 15) is 19.2 Å². The maximum Gasteiger partial charge on any atom is 0.488 e. The Morgan fingerprint density at radius 3 is 2.76 bits per heavy atom. The van der Waals surface area contributed by atoms with Crippen molar-refractivity contribution in [3.63, 3.8) is 0 Å². The molecule has 0 saturated heterocycles. The molecule has 1 heterocycles. The van der Waals surface area contributed by atoms with E-state index >= 15 is 0 Å². The van der Waals surface area contributed by atoms with Crippen LogP contribution in [0.5, 0.6) is 5.75 Å². The highest BCUT2D eigenvalue weighted by molar-refractivity contribution is 6.58. The monoisotopic (exact) mass is 286 g/mol. The quantitative estimate of drug-likeness (QED) is 0.814. The number of ketones is 1. The van der Waals surface area contributed by atoms with Crippen molar-refractivity contribution in [2.75, 3.05) is 0 Å². The molecular weight excluding hydrogens is 274 g/mol. The fraction of sp³-hybridized carbons (Fsp3) is 0.133. The Morgan fingerprint density at radius 2 is 2.00 bits per heavy atom. The molecule has 0 spiro atoms. The largest absolute Gasteiger partial charge is 0.488 e. The van der Waals surface area contributed by atoms with Gasteiger partial charge >= 0.3 is 7.12 Å². The highest BCUT2D eigenvalue weighted by Crippen LogP contribution is 2.34. The summed E-state index contributed by atoms with van der Waals surface area (Å²) in [7, 11) is -1.58. The van der Waals surface area contributed by atoms with E-state index < -0.39 is 19.0 Å². The van der Waals surface area contributed by atoms with E-state index in [4.69, 9.17) is 4.74 Å². The lowest BCUT2D eigenvalue weighted by Gasteiger charge is -2.25. The van der Waals surface area contributed by atoms with Gasteiger partial charge < -0.3 is 14.8 Å². The Kier molecular flexibility index (Phi) is 3.49. The summed E-state index contributed by atoms with van der Waals surface area (Å²) < 4.78 is 18.9. The SMILES string of the molecule is O=C1CC(c2cccc(B(O)O)c2)Oc2ccc(F)cc21. The van der Waals surface area contributed by atoms with Crippen molar-refractivity contribution in [1.29, 1.82) is 0 Å². The molecule has 0 bridgehead atoms. The van der Waals surface area contributed by atoms with Gasteiger partial charge in [-0.3, -0.25) is 4.79 Å². The summed E-state index contributed by atoms with van der Waals surface area (Å²) in [6.45, 7) is 0. The summed E-state index contributed by atoms with van der Waals surface area (Å²) in [5, 5.41) is 18.4. The van der Waals surface area contributed by atoms with Crippen LogP contribution >= 0.6 is 0 Å². The number of carbonyl (C=O) groups is 1. The first kappa shape index (κ1) is 13.8. The van der Waals surface area contributed by atoms with Crippen LogP contribution in [0.3, 0.4) is 0 Å². The molecule has 4 nitrogen and oxygen atoms in total. The van der Waals surface area contributed by atoms with Crippen molar-refractivity contribution in [1.82, 2.24) is 0 Å². The number of carbonyl (C=O) groups excluding carboxylic acids is 1. The van der Waals surface area contributed by atoms with Gasteiger partial charge in [-0.25, -0.2) is 4.39 Å². The number of hydrogen-bond acceptors (Lipinski definition) is 4. The second-order valence-corrected chi connectivity index (χ2v) is 4.92. The summed E-state index contributed by atoms with van der Waals surface area (Å²) in [5.41, 5.74) is 1.24. The first-order valence-electron chi connectivity index (χ1n) is 6.50. The molecule has 21 heavy (non-hydrogen) atoms. The molecule has 6 heteroatoms. The molecule has 0 saturated carbocycles. The predicted octanol–water partition coefficient (Wildman–Crippen LogP) is 1.21. The van der Waals surface area contributed by atoms with E-state index in [1.165, 1.54) is 18.2 Å². The van der Waals surface area contributed by atoms with Gasteiger partial charge in [-0.05, 0) is 29.2 Å². The van der Waals surface area contributed by atoms with Crippen molar-refractivity contribution in [2.45, 2.75) is 12.5 Å². The Hall–Kier alpha value is -2.18. The van der Waals surface area contributed by atoms with Crippen molar-refractivity contribution >= 4 is 18.4 Å². The molecule has 2 aromatic carbocycles. The third-order valence-electron chi connectivity index (χ3n) is 3.46. The molecule has 0 aromatic heterocycles. The van der Waals surface area contributed by atoms with Gasteiger partial charge in [0.15, 0.2) is 5.78 Å². The van der Waals surface area contributed by atoms with Crippen LogP contribution in [0.15, 0.2) is 42.5 Å². The minimum Gasteiger partial charge on any atom is -0.484 e. The molecule has 1 atom stereocenters.